The third-order valence-corrected chi connectivity index (χ3v) is 4.38. The first-order chi connectivity index (χ1) is 11.2. The van der Waals surface area contributed by atoms with Crippen LogP contribution in [-0.2, 0) is 5.75 Å². The molecule has 0 bridgehead atoms. The molecular formula is C14H10ClN5O2S. The van der Waals surface area contributed by atoms with Gasteiger partial charge in [-0.25, -0.2) is 0 Å². The van der Waals surface area contributed by atoms with Crippen molar-refractivity contribution in [1.29, 1.82) is 0 Å². The Morgan fingerprint density at radius 3 is 2.70 bits per heavy atom. The van der Waals surface area contributed by atoms with Crippen LogP contribution in [0.25, 0.3) is 5.69 Å². The summed E-state index contributed by atoms with van der Waals surface area (Å²) in [5, 5.41) is 23.6. The van der Waals surface area contributed by atoms with Crippen LogP contribution in [0.2, 0.25) is 5.02 Å². The molecule has 0 amide bonds. The summed E-state index contributed by atoms with van der Waals surface area (Å²) in [6, 6.07) is 14.0. The highest BCUT2D eigenvalue weighted by Gasteiger charge is 2.18. The summed E-state index contributed by atoms with van der Waals surface area (Å²) in [5.74, 6) is 0.295. The van der Waals surface area contributed by atoms with E-state index in [1.165, 1.54) is 17.8 Å². The number of nitro benzene ring substituents is 1. The number of rotatable bonds is 5. The molecule has 2 aromatic carbocycles. The van der Waals surface area contributed by atoms with Gasteiger partial charge in [-0.05, 0) is 28.6 Å². The normalized spacial score (nSPS) is 10.7. The first-order valence-electron chi connectivity index (χ1n) is 6.55. The summed E-state index contributed by atoms with van der Waals surface area (Å²) in [4.78, 5) is 10.7. The van der Waals surface area contributed by atoms with E-state index in [0.29, 0.717) is 21.5 Å². The highest BCUT2D eigenvalue weighted by molar-refractivity contribution is 7.98. The number of para-hydroxylation sites is 1. The van der Waals surface area contributed by atoms with Crippen molar-refractivity contribution in [1.82, 2.24) is 20.2 Å². The molecule has 0 aliphatic rings. The predicted molar refractivity (Wildman–Crippen MR) is 86.8 cm³/mol. The first kappa shape index (κ1) is 15.4. The van der Waals surface area contributed by atoms with Crippen LogP contribution >= 0.6 is 23.4 Å². The third-order valence-electron chi connectivity index (χ3n) is 3.08. The molecule has 3 rings (SSSR count). The highest BCUT2D eigenvalue weighted by Crippen LogP contribution is 2.32. The minimum Gasteiger partial charge on any atom is -0.258 e. The molecule has 9 heteroatoms. The smallest absolute Gasteiger partial charge is 0.258 e. The molecule has 0 saturated heterocycles. The lowest BCUT2D eigenvalue weighted by Gasteiger charge is -2.06. The van der Waals surface area contributed by atoms with Crippen molar-refractivity contribution in [2.45, 2.75) is 10.9 Å². The Kier molecular flexibility index (Phi) is 4.54. The van der Waals surface area contributed by atoms with Gasteiger partial charge in [-0.1, -0.05) is 47.6 Å². The Morgan fingerprint density at radius 2 is 1.96 bits per heavy atom. The van der Waals surface area contributed by atoms with E-state index in [2.05, 4.69) is 15.5 Å². The van der Waals surface area contributed by atoms with E-state index in [1.54, 1.807) is 16.8 Å². The fraction of sp³-hybridized carbons (Fsp3) is 0.0714. The lowest BCUT2D eigenvalue weighted by atomic mass is 10.2. The number of hydrogen-bond donors (Lipinski definition) is 0. The quantitative estimate of drug-likeness (QED) is 0.398. The van der Waals surface area contributed by atoms with E-state index in [0.717, 1.165) is 5.69 Å². The fourth-order valence-corrected chi connectivity index (χ4v) is 3.25. The largest absolute Gasteiger partial charge is 0.274 e. The van der Waals surface area contributed by atoms with Gasteiger partial charge in [-0.15, -0.1) is 5.10 Å². The number of thioether (sulfide) groups is 1. The molecule has 0 saturated carbocycles. The second-order valence-electron chi connectivity index (χ2n) is 4.49. The molecule has 116 valence electrons. The van der Waals surface area contributed by atoms with Crippen LogP contribution in [0.5, 0.6) is 0 Å². The van der Waals surface area contributed by atoms with Crippen molar-refractivity contribution < 1.29 is 4.92 Å². The maximum absolute atomic E-state index is 11.1. The molecule has 3 aromatic rings. The van der Waals surface area contributed by atoms with E-state index in [1.807, 2.05) is 30.3 Å². The second-order valence-corrected chi connectivity index (χ2v) is 5.84. The van der Waals surface area contributed by atoms with Crippen molar-refractivity contribution in [3.63, 3.8) is 0 Å². The van der Waals surface area contributed by atoms with Crippen molar-refractivity contribution in [3.05, 3.63) is 69.2 Å². The van der Waals surface area contributed by atoms with Gasteiger partial charge in [0.1, 0.15) is 0 Å². The standard InChI is InChI=1S/C14H10ClN5O2S/c15-12-7-4-8-13(20(21)22)11(12)9-23-14-16-17-18-19(14)10-5-2-1-3-6-10/h1-8H,9H2. The number of nitro groups is 1. The SMILES string of the molecule is O=[N+]([O-])c1cccc(Cl)c1CSc1nnnn1-c1ccccc1. The highest BCUT2D eigenvalue weighted by atomic mass is 35.5. The molecule has 0 aliphatic heterocycles. The Bertz CT molecular complexity index is 840. The van der Waals surface area contributed by atoms with Crippen molar-refractivity contribution in [2.75, 3.05) is 0 Å². The van der Waals surface area contributed by atoms with Crippen molar-refractivity contribution >= 4 is 29.1 Å². The Labute approximate surface area is 140 Å². The van der Waals surface area contributed by atoms with Crippen molar-refractivity contribution in [2.24, 2.45) is 0 Å². The predicted octanol–water partition coefficient (Wildman–Crippen LogP) is 3.52. The minimum absolute atomic E-state index is 0.0104. The van der Waals surface area contributed by atoms with Crippen LogP contribution in [0.1, 0.15) is 5.56 Å². The molecule has 23 heavy (non-hydrogen) atoms. The monoisotopic (exact) mass is 347 g/mol. The van der Waals surface area contributed by atoms with Crippen LogP contribution in [-0.4, -0.2) is 25.1 Å². The van der Waals surface area contributed by atoms with E-state index in [-0.39, 0.29) is 5.69 Å². The zero-order valence-corrected chi connectivity index (χ0v) is 13.2. The minimum atomic E-state index is -0.443. The summed E-state index contributed by atoms with van der Waals surface area (Å²) in [5.41, 5.74) is 1.25. The van der Waals surface area contributed by atoms with Gasteiger partial charge in [0.25, 0.3) is 5.69 Å². The molecule has 0 radical (unpaired) electrons. The summed E-state index contributed by atoms with van der Waals surface area (Å²) in [6.07, 6.45) is 0. The first-order valence-corrected chi connectivity index (χ1v) is 7.91. The van der Waals surface area contributed by atoms with Crippen LogP contribution in [0.15, 0.2) is 53.7 Å². The van der Waals surface area contributed by atoms with Crippen LogP contribution in [0, 0.1) is 10.1 Å². The number of tetrazole rings is 1. The third kappa shape index (κ3) is 3.33. The number of hydrogen-bond acceptors (Lipinski definition) is 6. The summed E-state index contributed by atoms with van der Waals surface area (Å²) in [7, 11) is 0. The van der Waals surface area contributed by atoms with Gasteiger partial charge in [0.05, 0.1) is 21.2 Å². The second kappa shape index (κ2) is 6.76. The van der Waals surface area contributed by atoms with E-state index >= 15 is 0 Å². The van der Waals surface area contributed by atoms with Gasteiger partial charge in [-0.2, -0.15) is 4.68 Å². The maximum Gasteiger partial charge on any atom is 0.274 e. The zero-order chi connectivity index (χ0) is 16.2. The molecule has 0 fully saturated rings. The molecule has 1 heterocycles. The molecule has 1 aromatic heterocycles. The number of halogens is 1. The maximum atomic E-state index is 11.1. The lowest BCUT2D eigenvalue weighted by Crippen LogP contribution is -2.00. The fourth-order valence-electron chi connectivity index (χ4n) is 2.00. The van der Waals surface area contributed by atoms with E-state index < -0.39 is 4.92 Å². The summed E-state index contributed by atoms with van der Waals surface area (Å²) >= 11 is 7.38. The van der Waals surface area contributed by atoms with Gasteiger partial charge in [0.15, 0.2) is 0 Å². The topological polar surface area (TPSA) is 86.7 Å². The number of aromatic nitrogens is 4. The summed E-state index contributed by atoms with van der Waals surface area (Å²) in [6.45, 7) is 0. The Balaban J connectivity index is 1.86. The van der Waals surface area contributed by atoms with E-state index in [4.69, 9.17) is 11.6 Å². The number of benzene rings is 2. The van der Waals surface area contributed by atoms with Gasteiger partial charge in [0, 0.05) is 11.8 Å². The van der Waals surface area contributed by atoms with Crippen LogP contribution < -0.4 is 0 Å². The molecule has 0 atom stereocenters. The molecular weight excluding hydrogens is 338 g/mol. The molecule has 0 unspecified atom stereocenters. The average molecular weight is 348 g/mol. The van der Waals surface area contributed by atoms with Gasteiger partial charge < -0.3 is 0 Å². The Morgan fingerprint density at radius 1 is 1.17 bits per heavy atom. The van der Waals surface area contributed by atoms with Crippen LogP contribution in [0.4, 0.5) is 5.69 Å². The van der Waals surface area contributed by atoms with Gasteiger partial charge in [-0.3, -0.25) is 10.1 Å². The van der Waals surface area contributed by atoms with Gasteiger partial charge in [0.2, 0.25) is 5.16 Å². The number of nitrogens with zero attached hydrogens (tertiary/aromatic N) is 5. The molecule has 0 aliphatic carbocycles. The molecule has 7 nitrogen and oxygen atoms in total. The average Bonchev–Trinajstić information content (AvgIpc) is 3.02. The van der Waals surface area contributed by atoms with Crippen molar-refractivity contribution in [3.8, 4) is 5.69 Å². The van der Waals surface area contributed by atoms with Crippen LogP contribution in [0.3, 0.4) is 0 Å². The molecule has 0 spiro atoms. The van der Waals surface area contributed by atoms with E-state index in [9.17, 15) is 10.1 Å². The lowest BCUT2D eigenvalue weighted by molar-refractivity contribution is -0.385. The Hall–Kier alpha value is -2.45. The summed E-state index contributed by atoms with van der Waals surface area (Å²) < 4.78 is 1.58. The zero-order valence-electron chi connectivity index (χ0n) is 11.7. The molecule has 0 N–H and O–H groups in total. The van der Waals surface area contributed by atoms with Gasteiger partial charge >= 0.3 is 0 Å².